The summed E-state index contributed by atoms with van der Waals surface area (Å²) in [5, 5.41) is 13.1. The fourth-order valence-corrected chi connectivity index (χ4v) is 2.13. The lowest BCUT2D eigenvalue weighted by Gasteiger charge is -2.17. The topological polar surface area (TPSA) is 41.5 Å². The number of anilines is 1. The first-order valence-corrected chi connectivity index (χ1v) is 6.86. The molecule has 0 radical (unpaired) electrons. The van der Waals surface area contributed by atoms with Crippen molar-refractivity contribution in [1.29, 1.82) is 0 Å². The molecule has 0 aliphatic rings. The Hall–Kier alpha value is -2.16. The Morgan fingerprint density at radius 3 is 2.45 bits per heavy atom. The summed E-state index contributed by atoms with van der Waals surface area (Å²) in [7, 11) is 1.56. The van der Waals surface area contributed by atoms with Crippen molar-refractivity contribution in [2.75, 3.05) is 12.4 Å². The van der Waals surface area contributed by atoms with Crippen LogP contribution in [-0.4, -0.2) is 12.2 Å². The predicted molar refractivity (Wildman–Crippen MR) is 82.5 cm³/mol. The van der Waals surface area contributed by atoms with Gasteiger partial charge in [0.1, 0.15) is 0 Å². The van der Waals surface area contributed by atoms with Crippen molar-refractivity contribution in [1.82, 2.24) is 0 Å². The molecule has 0 heterocycles. The fraction of sp³-hybridized carbons (Fsp3) is 0.294. The Morgan fingerprint density at radius 1 is 1.15 bits per heavy atom. The zero-order valence-corrected chi connectivity index (χ0v) is 12.2. The number of aromatic hydroxyl groups is 1. The summed E-state index contributed by atoms with van der Waals surface area (Å²) in [5.74, 6) is 0.660. The van der Waals surface area contributed by atoms with Crippen molar-refractivity contribution < 1.29 is 9.84 Å². The van der Waals surface area contributed by atoms with Crippen molar-refractivity contribution >= 4 is 5.69 Å². The minimum Gasteiger partial charge on any atom is -0.504 e. The highest BCUT2D eigenvalue weighted by Crippen LogP contribution is 2.30. The standard InChI is InChI=1S/C17H21NO2/c1-4-13-5-8-15(9-6-13)18-12(2)14-7-10-16(19)17(11-14)20-3/h5-12,18-19H,4H2,1-3H3. The summed E-state index contributed by atoms with van der Waals surface area (Å²) in [4.78, 5) is 0. The van der Waals surface area contributed by atoms with Gasteiger partial charge in [-0.2, -0.15) is 0 Å². The van der Waals surface area contributed by atoms with Gasteiger partial charge in [0.05, 0.1) is 7.11 Å². The minimum atomic E-state index is 0.136. The Labute approximate surface area is 120 Å². The lowest BCUT2D eigenvalue weighted by atomic mass is 10.1. The number of hydrogen-bond donors (Lipinski definition) is 2. The van der Waals surface area contributed by atoms with Crippen LogP contribution in [0.15, 0.2) is 42.5 Å². The lowest BCUT2D eigenvalue weighted by Crippen LogP contribution is -2.06. The summed E-state index contributed by atoms with van der Waals surface area (Å²) >= 11 is 0. The van der Waals surface area contributed by atoms with Crippen LogP contribution < -0.4 is 10.1 Å². The molecule has 0 aromatic heterocycles. The molecule has 0 bridgehead atoms. The maximum atomic E-state index is 9.62. The molecular formula is C17H21NO2. The number of phenolic OH excluding ortho intramolecular Hbond substituents is 1. The molecule has 2 rings (SSSR count). The van der Waals surface area contributed by atoms with Crippen LogP contribution in [0.2, 0.25) is 0 Å². The van der Waals surface area contributed by atoms with Crippen LogP contribution in [0.4, 0.5) is 5.69 Å². The zero-order valence-electron chi connectivity index (χ0n) is 12.2. The number of ether oxygens (including phenoxy) is 1. The Bertz CT molecular complexity index is 564. The minimum absolute atomic E-state index is 0.136. The number of methoxy groups -OCH3 is 1. The van der Waals surface area contributed by atoms with Gasteiger partial charge in [-0.15, -0.1) is 0 Å². The molecule has 0 spiro atoms. The third-order valence-electron chi connectivity index (χ3n) is 3.45. The first-order chi connectivity index (χ1) is 9.63. The van der Waals surface area contributed by atoms with E-state index in [0.717, 1.165) is 17.7 Å². The molecule has 0 saturated heterocycles. The van der Waals surface area contributed by atoms with Crippen molar-refractivity contribution in [3.8, 4) is 11.5 Å². The Kier molecular flexibility index (Phi) is 4.51. The number of hydrogen-bond acceptors (Lipinski definition) is 3. The van der Waals surface area contributed by atoms with Gasteiger partial charge in [0.15, 0.2) is 11.5 Å². The summed E-state index contributed by atoms with van der Waals surface area (Å²) in [6.45, 7) is 4.23. The monoisotopic (exact) mass is 271 g/mol. The smallest absolute Gasteiger partial charge is 0.160 e. The largest absolute Gasteiger partial charge is 0.504 e. The van der Waals surface area contributed by atoms with Gasteiger partial charge in [-0.05, 0) is 48.7 Å². The summed E-state index contributed by atoms with van der Waals surface area (Å²) < 4.78 is 5.14. The van der Waals surface area contributed by atoms with Gasteiger partial charge in [0, 0.05) is 11.7 Å². The molecule has 106 valence electrons. The number of phenols is 1. The molecule has 3 nitrogen and oxygen atoms in total. The van der Waals surface area contributed by atoms with Crippen molar-refractivity contribution in [2.45, 2.75) is 26.3 Å². The number of nitrogens with one attached hydrogen (secondary N) is 1. The molecule has 2 aromatic rings. The molecule has 2 aromatic carbocycles. The maximum absolute atomic E-state index is 9.62. The van der Waals surface area contributed by atoms with Crippen LogP contribution in [0.1, 0.15) is 31.0 Å². The van der Waals surface area contributed by atoms with Gasteiger partial charge >= 0.3 is 0 Å². The molecule has 0 aliphatic carbocycles. The quantitative estimate of drug-likeness (QED) is 0.859. The molecule has 1 unspecified atom stereocenters. The van der Waals surface area contributed by atoms with Gasteiger partial charge in [-0.3, -0.25) is 0 Å². The van der Waals surface area contributed by atoms with Crippen molar-refractivity contribution in [3.05, 3.63) is 53.6 Å². The van der Waals surface area contributed by atoms with Crippen LogP contribution in [0.5, 0.6) is 11.5 Å². The van der Waals surface area contributed by atoms with Crippen molar-refractivity contribution in [2.24, 2.45) is 0 Å². The molecule has 0 aliphatic heterocycles. The molecule has 1 atom stereocenters. The second-order valence-corrected chi connectivity index (χ2v) is 4.85. The first-order valence-electron chi connectivity index (χ1n) is 6.86. The molecule has 0 amide bonds. The average Bonchev–Trinajstić information content (AvgIpc) is 2.48. The second-order valence-electron chi connectivity index (χ2n) is 4.85. The van der Waals surface area contributed by atoms with E-state index in [9.17, 15) is 5.11 Å². The Balaban J connectivity index is 2.12. The van der Waals surface area contributed by atoms with E-state index in [2.05, 4.69) is 43.4 Å². The third-order valence-corrected chi connectivity index (χ3v) is 3.45. The highest BCUT2D eigenvalue weighted by atomic mass is 16.5. The predicted octanol–water partition coefficient (Wildman–Crippen LogP) is 4.14. The molecule has 20 heavy (non-hydrogen) atoms. The van der Waals surface area contributed by atoms with Gasteiger partial charge in [-0.1, -0.05) is 25.1 Å². The number of rotatable bonds is 5. The highest BCUT2D eigenvalue weighted by Gasteiger charge is 2.09. The van der Waals surface area contributed by atoms with Crippen molar-refractivity contribution in [3.63, 3.8) is 0 Å². The lowest BCUT2D eigenvalue weighted by molar-refractivity contribution is 0.373. The maximum Gasteiger partial charge on any atom is 0.160 e. The summed E-state index contributed by atoms with van der Waals surface area (Å²) in [6.07, 6.45) is 1.05. The normalized spacial score (nSPS) is 11.9. The van der Waals surface area contributed by atoms with E-state index in [1.165, 1.54) is 5.56 Å². The number of benzene rings is 2. The van der Waals surface area contributed by atoms with E-state index in [-0.39, 0.29) is 11.8 Å². The van der Waals surface area contributed by atoms with Gasteiger partial charge in [-0.25, -0.2) is 0 Å². The van der Waals surface area contributed by atoms with E-state index >= 15 is 0 Å². The summed E-state index contributed by atoms with van der Waals surface area (Å²) in [5.41, 5.74) is 3.48. The highest BCUT2D eigenvalue weighted by molar-refractivity contribution is 5.49. The molecule has 0 fully saturated rings. The number of aryl methyl sites for hydroxylation is 1. The molecule has 2 N–H and O–H groups in total. The SMILES string of the molecule is CCc1ccc(NC(C)c2ccc(O)c(OC)c2)cc1. The van der Waals surface area contributed by atoms with Crippen LogP contribution in [0.25, 0.3) is 0 Å². The average molecular weight is 271 g/mol. The van der Waals surface area contributed by atoms with Crippen LogP contribution >= 0.6 is 0 Å². The van der Waals surface area contributed by atoms with Crippen LogP contribution in [0.3, 0.4) is 0 Å². The van der Waals surface area contributed by atoms with Gasteiger partial charge in [0.25, 0.3) is 0 Å². The van der Waals surface area contributed by atoms with E-state index < -0.39 is 0 Å². The van der Waals surface area contributed by atoms with E-state index in [1.807, 2.05) is 12.1 Å². The van der Waals surface area contributed by atoms with Gasteiger partial charge < -0.3 is 15.2 Å². The van der Waals surface area contributed by atoms with Crippen LogP contribution in [-0.2, 0) is 6.42 Å². The molecular weight excluding hydrogens is 250 g/mol. The zero-order chi connectivity index (χ0) is 14.5. The van der Waals surface area contributed by atoms with E-state index in [0.29, 0.717) is 5.75 Å². The van der Waals surface area contributed by atoms with Gasteiger partial charge in [0.2, 0.25) is 0 Å². The fourth-order valence-electron chi connectivity index (χ4n) is 2.13. The third kappa shape index (κ3) is 3.23. The van der Waals surface area contributed by atoms with E-state index in [4.69, 9.17) is 4.74 Å². The molecule has 0 saturated carbocycles. The molecule has 3 heteroatoms. The van der Waals surface area contributed by atoms with Crippen LogP contribution in [0, 0.1) is 0 Å². The first kappa shape index (κ1) is 14.3. The second kappa shape index (κ2) is 6.33. The van der Waals surface area contributed by atoms with E-state index in [1.54, 1.807) is 13.2 Å². The summed E-state index contributed by atoms with van der Waals surface area (Å²) in [6, 6.07) is 14.0. The Morgan fingerprint density at radius 2 is 1.85 bits per heavy atom.